The average molecular weight is 911 g/mol. The Morgan fingerprint density at radius 3 is 1.34 bits per heavy atom. The Kier molecular flexibility index (Phi) is 17.9. The standard InChI is InChI=1S/C24H22N2S.C19H22NO3PS.C9H11NO.CH4/c1-17-4-15-22-23(16-17)27-24(25-22)20-11-7-18(8-12-20)5-6-19-9-13-21(14-10-19)26(2)3;1-4-22-24(21,23-5-2)13-15-7-9-16(10-8-15)19-20-17-11-6-14(3)12-18(17)25-19;1-10(2)9-5-3-8(7-11)4-6-9;/h4-16H,1-3H3;6-12H,4-5,13H2,1-3H3;3-7H,1-2H3;1H4/b6-5+;;;. The fraction of sp³-hybridized carbons (Fsp3) is 0.226. The Morgan fingerprint density at radius 2 is 0.953 bits per heavy atom. The molecule has 2 aromatic heterocycles. The van der Waals surface area contributed by atoms with Crippen molar-refractivity contribution in [3.05, 3.63) is 167 Å². The molecule has 0 saturated carbocycles. The van der Waals surface area contributed by atoms with E-state index in [1.54, 1.807) is 22.7 Å². The van der Waals surface area contributed by atoms with Crippen LogP contribution in [0, 0.1) is 13.8 Å². The molecule has 0 atom stereocenters. The van der Waals surface area contributed by atoms with Crippen LogP contribution in [0.25, 0.3) is 53.7 Å². The minimum absolute atomic E-state index is 0. The highest BCUT2D eigenvalue weighted by Gasteiger charge is 2.24. The molecule has 0 aliphatic carbocycles. The van der Waals surface area contributed by atoms with Crippen LogP contribution < -0.4 is 9.80 Å². The molecular formula is C53H59N4O4PS2. The minimum Gasteiger partial charge on any atom is -0.378 e. The molecular weight excluding hydrogens is 852 g/mol. The van der Waals surface area contributed by atoms with E-state index in [1.165, 1.54) is 42.9 Å². The van der Waals surface area contributed by atoms with Crippen LogP contribution in [-0.4, -0.2) is 57.7 Å². The van der Waals surface area contributed by atoms with Gasteiger partial charge in [0.15, 0.2) is 0 Å². The number of benzene rings is 6. The lowest BCUT2D eigenvalue weighted by Crippen LogP contribution is -2.08. The van der Waals surface area contributed by atoms with Gasteiger partial charge in [-0.15, -0.1) is 22.7 Å². The second kappa shape index (κ2) is 23.3. The maximum absolute atomic E-state index is 12.6. The molecule has 8 nitrogen and oxygen atoms in total. The van der Waals surface area contributed by atoms with Gasteiger partial charge in [-0.25, -0.2) is 9.97 Å². The third kappa shape index (κ3) is 13.6. The fourth-order valence-corrected chi connectivity index (χ4v) is 10.3. The highest BCUT2D eigenvalue weighted by atomic mass is 32.1. The van der Waals surface area contributed by atoms with Crippen LogP contribution in [0.2, 0.25) is 0 Å². The van der Waals surface area contributed by atoms with Gasteiger partial charge in [-0.2, -0.15) is 0 Å². The summed E-state index contributed by atoms with van der Waals surface area (Å²) in [6, 6.07) is 45.3. The zero-order chi connectivity index (χ0) is 44.9. The zero-order valence-electron chi connectivity index (χ0n) is 37.2. The number of thiazole rings is 2. The predicted octanol–water partition coefficient (Wildman–Crippen LogP) is 14.7. The largest absolute Gasteiger partial charge is 0.378 e. The monoisotopic (exact) mass is 910 g/mol. The van der Waals surface area contributed by atoms with Gasteiger partial charge in [0.1, 0.15) is 16.3 Å². The fourth-order valence-electron chi connectivity index (χ4n) is 6.47. The molecule has 0 bridgehead atoms. The number of hydrogen-bond donors (Lipinski definition) is 0. The van der Waals surface area contributed by atoms with Crippen molar-refractivity contribution in [2.75, 3.05) is 51.2 Å². The average Bonchev–Trinajstić information content (AvgIpc) is 3.91. The first kappa shape index (κ1) is 49.3. The molecule has 332 valence electrons. The summed E-state index contributed by atoms with van der Waals surface area (Å²) in [5.74, 6) is 0. The van der Waals surface area contributed by atoms with E-state index < -0.39 is 7.60 Å². The Balaban J connectivity index is 0.000000194. The van der Waals surface area contributed by atoms with Crippen LogP contribution in [-0.2, 0) is 19.8 Å². The van der Waals surface area contributed by atoms with Crippen molar-refractivity contribution in [3.8, 4) is 21.1 Å². The van der Waals surface area contributed by atoms with Crippen LogP contribution in [0.3, 0.4) is 0 Å². The smallest absolute Gasteiger partial charge is 0.335 e. The number of hydrogen-bond acceptors (Lipinski definition) is 10. The molecule has 11 heteroatoms. The summed E-state index contributed by atoms with van der Waals surface area (Å²) in [5, 5.41) is 2.07. The number of carbonyl (C=O) groups is 1. The van der Waals surface area contributed by atoms with Crippen LogP contribution in [0.15, 0.2) is 133 Å². The summed E-state index contributed by atoms with van der Waals surface area (Å²) in [4.78, 5) is 23.8. The molecule has 0 N–H and O–H groups in total. The summed E-state index contributed by atoms with van der Waals surface area (Å²) in [5.41, 5.74) is 13.2. The predicted molar refractivity (Wildman–Crippen MR) is 277 cm³/mol. The van der Waals surface area contributed by atoms with Gasteiger partial charge < -0.3 is 18.8 Å². The lowest BCUT2D eigenvalue weighted by Gasteiger charge is -2.17. The molecule has 8 rings (SSSR count). The Morgan fingerprint density at radius 1 is 0.562 bits per heavy atom. The van der Waals surface area contributed by atoms with Gasteiger partial charge in [0.25, 0.3) is 0 Å². The van der Waals surface area contributed by atoms with E-state index in [0.29, 0.717) is 13.2 Å². The van der Waals surface area contributed by atoms with E-state index in [4.69, 9.17) is 19.0 Å². The van der Waals surface area contributed by atoms with Gasteiger partial charge in [-0.3, -0.25) is 9.36 Å². The van der Waals surface area contributed by atoms with E-state index in [0.717, 1.165) is 49.7 Å². The number of nitrogens with zero attached hydrogens (tertiary/aromatic N) is 4. The molecule has 0 fully saturated rings. The van der Waals surface area contributed by atoms with E-state index in [1.807, 2.05) is 81.4 Å². The van der Waals surface area contributed by atoms with Gasteiger partial charge in [0.2, 0.25) is 0 Å². The molecule has 2 heterocycles. The molecule has 64 heavy (non-hydrogen) atoms. The molecule has 0 radical (unpaired) electrons. The number of aryl methyl sites for hydroxylation is 2. The highest BCUT2D eigenvalue weighted by molar-refractivity contribution is 7.53. The summed E-state index contributed by atoms with van der Waals surface area (Å²) in [7, 11) is 4.98. The first-order valence-electron chi connectivity index (χ1n) is 20.9. The number of aromatic nitrogens is 2. The van der Waals surface area contributed by atoms with E-state index in [2.05, 4.69) is 130 Å². The quantitative estimate of drug-likeness (QED) is 0.0642. The lowest BCUT2D eigenvalue weighted by atomic mass is 10.1. The molecule has 0 aliphatic rings. The summed E-state index contributed by atoms with van der Waals surface area (Å²) in [6.45, 7) is 8.60. The second-order valence-electron chi connectivity index (χ2n) is 15.3. The summed E-state index contributed by atoms with van der Waals surface area (Å²) in [6.07, 6.45) is 5.43. The maximum Gasteiger partial charge on any atom is 0.335 e. The molecule has 8 aromatic rings. The molecule has 0 unspecified atom stereocenters. The van der Waals surface area contributed by atoms with Crippen LogP contribution in [0.5, 0.6) is 0 Å². The van der Waals surface area contributed by atoms with Gasteiger partial charge in [0.05, 0.1) is 39.8 Å². The normalized spacial score (nSPS) is 11.1. The Labute approximate surface area is 387 Å². The minimum atomic E-state index is -3.07. The third-order valence-corrected chi connectivity index (χ3v) is 14.1. The SMILES string of the molecule is C.CCOP(=O)(Cc1ccc(-c2nc3ccc(C)cc3s2)cc1)OCC.CN(C)c1ccc(C=O)cc1.Cc1ccc2nc(-c3ccc(/C=C/c4ccc(N(C)C)cc4)cc3)sc2c1. The third-order valence-electron chi connectivity index (χ3n) is 9.90. The zero-order valence-corrected chi connectivity index (χ0v) is 39.8. The summed E-state index contributed by atoms with van der Waals surface area (Å²) >= 11 is 3.44. The number of carbonyl (C=O) groups excluding carboxylic acids is 1. The van der Waals surface area contributed by atoms with Crippen LogP contribution in [0.1, 0.15) is 59.4 Å². The first-order chi connectivity index (χ1) is 30.3. The second-order valence-corrected chi connectivity index (χ2v) is 19.4. The summed E-state index contributed by atoms with van der Waals surface area (Å²) < 4.78 is 25.8. The number of aldehydes is 1. The molecule has 0 amide bonds. The van der Waals surface area contributed by atoms with Crippen molar-refractivity contribution in [2.24, 2.45) is 0 Å². The highest BCUT2D eigenvalue weighted by Crippen LogP contribution is 2.51. The van der Waals surface area contributed by atoms with Crippen molar-refractivity contribution in [1.29, 1.82) is 0 Å². The van der Waals surface area contributed by atoms with E-state index >= 15 is 0 Å². The van der Waals surface area contributed by atoms with E-state index in [-0.39, 0.29) is 13.6 Å². The first-order valence-corrected chi connectivity index (χ1v) is 24.2. The van der Waals surface area contributed by atoms with Crippen molar-refractivity contribution >= 4 is 80.5 Å². The Bertz CT molecular complexity index is 2790. The van der Waals surface area contributed by atoms with Gasteiger partial charge in [-0.05, 0) is 116 Å². The molecule has 6 aromatic carbocycles. The van der Waals surface area contributed by atoms with Gasteiger partial charge in [0, 0.05) is 56.3 Å². The topological polar surface area (TPSA) is 84.9 Å². The van der Waals surface area contributed by atoms with Crippen molar-refractivity contribution in [2.45, 2.75) is 41.3 Å². The van der Waals surface area contributed by atoms with Gasteiger partial charge in [-0.1, -0.05) is 92.4 Å². The Hall–Kier alpha value is -5.74. The number of fused-ring (bicyclic) bond motifs is 2. The molecule has 0 spiro atoms. The number of anilines is 2. The maximum atomic E-state index is 12.6. The van der Waals surface area contributed by atoms with Crippen LogP contribution in [0.4, 0.5) is 11.4 Å². The molecule has 0 saturated heterocycles. The van der Waals surface area contributed by atoms with Crippen molar-refractivity contribution < 1.29 is 18.4 Å². The van der Waals surface area contributed by atoms with E-state index in [9.17, 15) is 9.36 Å². The number of rotatable bonds is 13. The lowest BCUT2D eigenvalue weighted by molar-refractivity contribution is 0.112. The van der Waals surface area contributed by atoms with Crippen molar-refractivity contribution in [1.82, 2.24) is 9.97 Å². The van der Waals surface area contributed by atoms with Crippen molar-refractivity contribution in [3.63, 3.8) is 0 Å². The van der Waals surface area contributed by atoms with Gasteiger partial charge >= 0.3 is 7.60 Å². The molecule has 0 aliphatic heterocycles. The van der Waals surface area contributed by atoms with Crippen LogP contribution >= 0.6 is 30.3 Å².